The van der Waals surface area contributed by atoms with Crippen molar-refractivity contribution in [1.29, 1.82) is 0 Å². The van der Waals surface area contributed by atoms with E-state index in [2.05, 4.69) is 0 Å². The van der Waals surface area contributed by atoms with Gasteiger partial charge in [0.2, 0.25) is 10.0 Å². The minimum atomic E-state index is -3.55. The molecule has 1 saturated heterocycles. The van der Waals surface area contributed by atoms with Crippen LogP contribution in [0.4, 0.5) is 0 Å². The van der Waals surface area contributed by atoms with Crippen LogP contribution in [-0.2, 0) is 16.4 Å². The Balaban J connectivity index is 1.89. The Labute approximate surface area is 143 Å². The lowest BCUT2D eigenvalue weighted by atomic mass is 10.0. The molecule has 1 N–H and O–H groups in total. The minimum absolute atomic E-state index is 0.000986. The van der Waals surface area contributed by atoms with Crippen LogP contribution in [-0.4, -0.2) is 37.0 Å². The molecule has 2 aromatic rings. The number of benzene rings is 2. The summed E-state index contributed by atoms with van der Waals surface area (Å²) >= 11 is 0. The van der Waals surface area contributed by atoms with Gasteiger partial charge in [0.25, 0.3) is 0 Å². The maximum Gasteiger partial charge on any atom is 0.243 e. The van der Waals surface area contributed by atoms with E-state index in [1.807, 2.05) is 49.4 Å². The molecule has 0 bridgehead atoms. The van der Waals surface area contributed by atoms with Gasteiger partial charge in [0.15, 0.2) is 0 Å². The topological polar surface area (TPSA) is 57.6 Å². The Hall–Kier alpha value is -1.69. The maximum atomic E-state index is 13.1. The Kier molecular flexibility index (Phi) is 5.04. The molecule has 24 heavy (non-hydrogen) atoms. The quantitative estimate of drug-likeness (QED) is 0.906. The third-order valence-electron chi connectivity index (χ3n) is 4.65. The van der Waals surface area contributed by atoms with Gasteiger partial charge in [0, 0.05) is 19.2 Å². The second kappa shape index (κ2) is 7.05. The number of hydrogen-bond donors (Lipinski definition) is 1. The standard InChI is InChI=1S/C19H23NO3S/c1-15-7-9-19(10-8-15)24(22,23)20-13-17(14-21)12-18(20)11-16-5-3-2-4-6-16/h2-10,17-18,21H,11-14H2,1H3/t17-,18-/m1/s1. The van der Waals surface area contributed by atoms with Gasteiger partial charge in [-0.3, -0.25) is 0 Å². The first-order valence-electron chi connectivity index (χ1n) is 8.24. The van der Waals surface area contributed by atoms with Crippen molar-refractivity contribution in [2.45, 2.75) is 30.7 Å². The summed E-state index contributed by atoms with van der Waals surface area (Å²) in [6.45, 7) is 2.33. The van der Waals surface area contributed by atoms with E-state index in [0.717, 1.165) is 11.1 Å². The van der Waals surface area contributed by atoms with E-state index >= 15 is 0 Å². The summed E-state index contributed by atoms with van der Waals surface area (Å²) in [5.74, 6) is -0.000986. The van der Waals surface area contributed by atoms with Crippen molar-refractivity contribution < 1.29 is 13.5 Å². The fraction of sp³-hybridized carbons (Fsp3) is 0.368. The van der Waals surface area contributed by atoms with E-state index in [1.54, 1.807) is 16.4 Å². The van der Waals surface area contributed by atoms with Crippen LogP contribution in [0.15, 0.2) is 59.5 Å². The van der Waals surface area contributed by atoms with Crippen molar-refractivity contribution >= 4 is 10.0 Å². The fourth-order valence-corrected chi connectivity index (χ4v) is 5.04. The summed E-state index contributed by atoms with van der Waals surface area (Å²) in [4.78, 5) is 0.324. The molecule has 128 valence electrons. The molecule has 0 spiro atoms. The molecule has 2 atom stereocenters. The SMILES string of the molecule is Cc1ccc(S(=O)(=O)N2C[C@H](CO)C[C@H]2Cc2ccccc2)cc1. The summed E-state index contributed by atoms with van der Waals surface area (Å²) < 4.78 is 27.7. The summed E-state index contributed by atoms with van der Waals surface area (Å²) in [7, 11) is -3.55. The van der Waals surface area contributed by atoms with Crippen LogP contribution in [0.5, 0.6) is 0 Å². The van der Waals surface area contributed by atoms with Gasteiger partial charge in [-0.05, 0) is 43.4 Å². The molecule has 1 fully saturated rings. The van der Waals surface area contributed by atoms with E-state index in [-0.39, 0.29) is 18.6 Å². The van der Waals surface area contributed by atoms with Gasteiger partial charge in [-0.1, -0.05) is 48.0 Å². The number of nitrogens with zero attached hydrogens (tertiary/aromatic N) is 1. The van der Waals surface area contributed by atoms with Gasteiger partial charge in [-0.25, -0.2) is 8.42 Å². The molecule has 1 heterocycles. The summed E-state index contributed by atoms with van der Waals surface area (Å²) in [5.41, 5.74) is 2.15. The number of sulfonamides is 1. The van der Waals surface area contributed by atoms with E-state index in [9.17, 15) is 13.5 Å². The third-order valence-corrected chi connectivity index (χ3v) is 6.58. The van der Waals surface area contributed by atoms with Crippen LogP contribution in [0.1, 0.15) is 17.5 Å². The van der Waals surface area contributed by atoms with Crippen LogP contribution in [0.3, 0.4) is 0 Å². The van der Waals surface area contributed by atoms with E-state index < -0.39 is 10.0 Å². The van der Waals surface area contributed by atoms with Gasteiger partial charge in [-0.15, -0.1) is 0 Å². The Morgan fingerprint density at radius 2 is 1.75 bits per heavy atom. The highest BCUT2D eigenvalue weighted by Gasteiger charge is 2.39. The molecule has 1 aliphatic rings. The van der Waals surface area contributed by atoms with Crippen LogP contribution in [0, 0.1) is 12.8 Å². The lowest BCUT2D eigenvalue weighted by molar-refractivity contribution is 0.233. The average molecular weight is 345 g/mol. The van der Waals surface area contributed by atoms with Gasteiger partial charge in [0.1, 0.15) is 0 Å². The number of aliphatic hydroxyl groups excluding tert-OH is 1. The molecule has 0 saturated carbocycles. The van der Waals surface area contributed by atoms with Gasteiger partial charge in [-0.2, -0.15) is 4.31 Å². The second-order valence-electron chi connectivity index (χ2n) is 6.52. The zero-order valence-electron chi connectivity index (χ0n) is 13.8. The highest BCUT2D eigenvalue weighted by molar-refractivity contribution is 7.89. The van der Waals surface area contributed by atoms with Crippen molar-refractivity contribution in [2.75, 3.05) is 13.2 Å². The van der Waals surface area contributed by atoms with E-state index in [4.69, 9.17) is 0 Å². The lowest BCUT2D eigenvalue weighted by Crippen LogP contribution is -2.37. The monoisotopic (exact) mass is 345 g/mol. The molecule has 4 nitrogen and oxygen atoms in total. The molecular formula is C19H23NO3S. The molecule has 3 rings (SSSR count). The number of hydrogen-bond acceptors (Lipinski definition) is 3. The van der Waals surface area contributed by atoms with E-state index in [0.29, 0.717) is 24.3 Å². The van der Waals surface area contributed by atoms with Crippen molar-refractivity contribution in [2.24, 2.45) is 5.92 Å². The van der Waals surface area contributed by atoms with Crippen LogP contribution < -0.4 is 0 Å². The zero-order chi connectivity index (χ0) is 17.2. The predicted octanol–water partition coefficient (Wildman–Crippen LogP) is 2.61. The van der Waals surface area contributed by atoms with Gasteiger partial charge >= 0.3 is 0 Å². The van der Waals surface area contributed by atoms with Crippen LogP contribution in [0.25, 0.3) is 0 Å². The molecule has 5 heteroatoms. The first-order valence-corrected chi connectivity index (χ1v) is 9.68. The summed E-state index contributed by atoms with van der Waals surface area (Å²) in [6, 6.07) is 16.8. The average Bonchev–Trinajstić information content (AvgIpc) is 3.00. The Morgan fingerprint density at radius 1 is 1.08 bits per heavy atom. The van der Waals surface area contributed by atoms with E-state index in [1.165, 1.54) is 0 Å². The lowest BCUT2D eigenvalue weighted by Gasteiger charge is -2.24. The number of rotatable bonds is 5. The van der Waals surface area contributed by atoms with Gasteiger partial charge < -0.3 is 5.11 Å². The van der Waals surface area contributed by atoms with Crippen LogP contribution in [0.2, 0.25) is 0 Å². The van der Waals surface area contributed by atoms with Gasteiger partial charge in [0.05, 0.1) is 4.90 Å². The van der Waals surface area contributed by atoms with Crippen molar-refractivity contribution in [3.63, 3.8) is 0 Å². The van der Waals surface area contributed by atoms with Crippen LogP contribution >= 0.6 is 0 Å². The highest BCUT2D eigenvalue weighted by Crippen LogP contribution is 2.31. The molecule has 0 aliphatic carbocycles. The summed E-state index contributed by atoms with van der Waals surface area (Å²) in [5, 5.41) is 9.52. The Bertz CT molecular complexity index is 772. The fourth-order valence-electron chi connectivity index (χ4n) is 3.32. The molecular weight excluding hydrogens is 322 g/mol. The second-order valence-corrected chi connectivity index (χ2v) is 8.41. The highest BCUT2D eigenvalue weighted by atomic mass is 32.2. The minimum Gasteiger partial charge on any atom is -0.396 e. The molecule has 2 aromatic carbocycles. The van der Waals surface area contributed by atoms with Crippen molar-refractivity contribution in [3.05, 3.63) is 65.7 Å². The molecule has 0 aromatic heterocycles. The summed E-state index contributed by atoms with van der Waals surface area (Å²) in [6.07, 6.45) is 1.36. The first-order chi connectivity index (χ1) is 11.5. The normalized spacial score (nSPS) is 21.9. The zero-order valence-corrected chi connectivity index (χ0v) is 14.6. The van der Waals surface area contributed by atoms with Crippen molar-refractivity contribution in [3.8, 4) is 0 Å². The predicted molar refractivity (Wildman–Crippen MR) is 94.2 cm³/mol. The molecule has 1 aliphatic heterocycles. The third kappa shape index (κ3) is 3.53. The largest absolute Gasteiger partial charge is 0.396 e. The molecule has 0 unspecified atom stereocenters. The molecule has 0 amide bonds. The Morgan fingerprint density at radius 3 is 2.38 bits per heavy atom. The number of aryl methyl sites for hydroxylation is 1. The smallest absolute Gasteiger partial charge is 0.243 e. The molecule has 0 radical (unpaired) electrons. The maximum absolute atomic E-state index is 13.1. The van der Waals surface area contributed by atoms with Crippen molar-refractivity contribution in [1.82, 2.24) is 4.31 Å². The number of aliphatic hydroxyl groups is 1. The first kappa shape index (κ1) is 17.1.